The van der Waals surface area contributed by atoms with Gasteiger partial charge in [0, 0.05) is 81.5 Å². The van der Waals surface area contributed by atoms with Crippen molar-refractivity contribution in [2.75, 3.05) is 45.3 Å². The molecule has 6 heterocycles. The molecular weight excluding hydrogens is 530 g/mol. The molecular formula is C32H35N7O3. The van der Waals surface area contributed by atoms with Gasteiger partial charge in [0.15, 0.2) is 0 Å². The molecule has 4 aromatic heterocycles. The van der Waals surface area contributed by atoms with Crippen LogP contribution in [0.4, 0.5) is 5.69 Å². The fourth-order valence-corrected chi connectivity index (χ4v) is 6.65. The highest BCUT2D eigenvalue weighted by molar-refractivity contribution is 6.15. The van der Waals surface area contributed by atoms with Crippen molar-refractivity contribution >= 4 is 33.5 Å². The number of piperidine rings is 1. The van der Waals surface area contributed by atoms with Gasteiger partial charge in [-0.15, -0.1) is 0 Å². The summed E-state index contributed by atoms with van der Waals surface area (Å²) >= 11 is 0. The number of aromatic amines is 1. The third-order valence-corrected chi connectivity index (χ3v) is 9.18. The lowest BCUT2D eigenvalue weighted by Crippen LogP contribution is -2.43. The van der Waals surface area contributed by atoms with Crippen LogP contribution in [0.1, 0.15) is 29.6 Å². The summed E-state index contributed by atoms with van der Waals surface area (Å²) in [5.41, 5.74) is 6.80. The molecule has 216 valence electrons. The monoisotopic (exact) mass is 565 g/mol. The molecule has 0 atom stereocenters. The summed E-state index contributed by atoms with van der Waals surface area (Å²) in [7, 11) is 7.22. The average molecular weight is 566 g/mol. The zero-order valence-electron chi connectivity index (χ0n) is 24.5. The summed E-state index contributed by atoms with van der Waals surface area (Å²) in [6.07, 6.45) is 8.73. The van der Waals surface area contributed by atoms with E-state index in [9.17, 15) is 9.59 Å². The van der Waals surface area contributed by atoms with Crippen molar-refractivity contribution in [1.29, 1.82) is 0 Å². The average Bonchev–Trinajstić information content (AvgIpc) is 3.73. The van der Waals surface area contributed by atoms with E-state index in [1.165, 1.54) is 0 Å². The molecule has 2 aliphatic heterocycles. The second kappa shape index (κ2) is 9.84. The summed E-state index contributed by atoms with van der Waals surface area (Å²) < 4.78 is 9.23. The van der Waals surface area contributed by atoms with E-state index in [4.69, 9.17) is 9.72 Å². The summed E-state index contributed by atoms with van der Waals surface area (Å²) in [4.78, 5) is 38.4. The predicted molar refractivity (Wildman–Crippen MR) is 164 cm³/mol. The molecule has 1 aromatic carbocycles. The minimum absolute atomic E-state index is 0.0154. The summed E-state index contributed by atoms with van der Waals surface area (Å²) in [5.74, 6) is -0.0489. The number of carbonyl (C=O) groups is 1. The van der Waals surface area contributed by atoms with Gasteiger partial charge in [-0.3, -0.25) is 14.3 Å². The predicted octanol–water partition coefficient (Wildman–Crippen LogP) is 4.19. The lowest BCUT2D eigenvalue weighted by Gasteiger charge is -2.39. The van der Waals surface area contributed by atoms with Gasteiger partial charge in [-0.25, -0.2) is 4.98 Å². The van der Waals surface area contributed by atoms with Gasteiger partial charge in [-0.1, -0.05) is 12.1 Å². The first kappa shape index (κ1) is 26.5. The van der Waals surface area contributed by atoms with Crippen LogP contribution in [0.3, 0.4) is 0 Å². The van der Waals surface area contributed by atoms with Crippen LogP contribution in [0.25, 0.3) is 44.3 Å². The first-order chi connectivity index (χ1) is 20.2. The number of pyridine rings is 2. The standard InChI is InChI=1S/C32H35N7O3/c1-36(2)30(40)21-7-5-20(6-8-21)26-27-23-15-24(39-12-9-32(10-13-39)11-14-42-19-32)31(41)38(4)25(23)17-33-29(27)35-28(26)22-16-34-37(3)18-22/h5-8,15-18H,9-14,19H2,1-4H3,(H,33,35). The highest BCUT2D eigenvalue weighted by Gasteiger charge is 2.38. The molecule has 42 heavy (non-hydrogen) atoms. The largest absolute Gasteiger partial charge is 0.381 e. The number of ether oxygens (including phenoxy) is 1. The third kappa shape index (κ3) is 4.20. The third-order valence-electron chi connectivity index (χ3n) is 9.18. The second-order valence-corrected chi connectivity index (χ2v) is 12.0. The van der Waals surface area contributed by atoms with E-state index in [2.05, 4.69) is 21.0 Å². The van der Waals surface area contributed by atoms with Crippen molar-refractivity contribution in [3.8, 4) is 22.4 Å². The van der Waals surface area contributed by atoms with Gasteiger partial charge in [0.05, 0.1) is 30.2 Å². The lowest BCUT2D eigenvalue weighted by molar-refractivity contribution is 0.0827. The number of aromatic nitrogens is 5. The zero-order valence-corrected chi connectivity index (χ0v) is 24.5. The van der Waals surface area contributed by atoms with Gasteiger partial charge < -0.3 is 24.1 Å². The molecule has 2 aliphatic rings. The van der Waals surface area contributed by atoms with Gasteiger partial charge >= 0.3 is 0 Å². The van der Waals surface area contributed by atoms with Crippen molar-refractivity contribution < 1.29 is 9.53 Å². The molecule has 0 bridgehead atoms. The number of benzene rings is 1. The first-order valence-corrected chi connectivity index (χ1v) is 14.4. The summed E-state index contributed by atoms with van der Waals surface area (Å²) in [5, 5.41) is 6.31. The fraction of sp³-hybridized carbons (Fsp3) is 0.375. The van der Waals surface area contributed by atoms with Gasteiger partial charge in [-0.2, -0.15) is 5.10 Å². The van der Waals surface area contributed by atoms with E-state index in [1.54, 1.807) is 34.4 Å². The fourth-order valence-electron chi connectivity index (χ4n) is 6.65. The SMILES string of the molecule is CN(C)C(=O)c1ccc(-c2c(-c3cnn(C)c3)[nH]c3ncc4c(cc(N5CCC6(CCOC6)CC5)c(=O)n4C)c23)cc1. The number of hydrogen-bond acceptors (Lipinski definition) is 6. The normalized spacial score (nSPS) is 16.6. The Hall–Kier alpha value is -4.44. The maximum Gasteiger partial charge on any atom is 0.274 e. The van der Waals surface area contributed by atoms with Crippen molar-refractivity contribution in [2.45, 2.75) is 19.3 Å². The Morgan fingerprint density at radius 3 is 2.45 bits per heavy atom. The van der Waals surface area contributed by atoms with Crippen molar-refractivity contribution in [3.05, 3.63) is 64.8 Å². The molecule has 2 fully saturated rings. The van der Waals surface area contributed by atoms with Gasteiger partial charge in [0.2, 0.25) is 0 Å². The Bertz CT molecular complexity index is 1880. The Kier molecular flexibility index (Phi) is 6.20. The minimum Gasteiger partial charge on any atom is -0.381 e. The molecule has 2 saturated heterocycles. The summed E-state index contributed by atoms with van der Waals surface area (Å²) in [6.45, 7) is 3.33. The smallest absolute Gasteiger partial charge is 0.274 e. The number of hydrogen-bond donors (Lipinski definition) is 1. The van der Waals surface area contributed by atoms with Gasteiger partial charge in [0.1, 0.15) is 11.3 Å². The molecule has 0 saturated carbocycles. The van der Waals surface area contributed by atoms with Gasteiger partial charge in [-0.05, 0) is 48.4 Å². The molecule has 1 amide bonds. The molecule has 10 nitrogen and oxygen atoms in total. The van der Waals surface area contributed by atoms with E-state index in [1.807, 2.05) is 50.8 Å². The van der Waals surface area contributed by atoms with Crippen LogP contribution in [0.2, 0.25) is 0 Å². The molecule has 10 heteroatoms. The number of aryl methyl sites for hydroxylation is 2. The van der Waals surface area contributed by atoms with E-state index < -0.39 is 0 Å². The number of anilines is 1. The first-order valence-electron chi connectivity index (χ1n) is 14.4. The number of H-pyrrole nitrogens is 1. The maximum absolute atomic E-state index is 13.7. The number of carbonyl (C=O) groups excluding carboxylic acids is 1. The Labute approximate surface area is 243 Å². The highest BCUT2D eigenvalue weighted by atomic mass is 16.5. The molecule has 0 aliphatic carbocycles. The molecule has 0 radical (unpaired) electrons. The Balaban J connectivity index is 1.43. The highest BCUT2D eigenvalue weighted by Crippen LogP contribution is 2.43. The van der Waals surface area contributed by atoms with E-state index in [0.29, 0.717) is 11.3 Å². The van der Waals surface area contributed by atoms with Crippen LogP contribution in [-0.4, -0.2) is 75.5 Å². The van der Waals surface area contributed by atoms with Crippen LogP contribution in [0, 0.1) is 5.41 Å². The number of amides is 1. The Morgan fingerprint density at radius 2 is 1.81 bits per heavy atom. The van der Waals surface area contributed by atoms with Crippen molar-refractivity contribution in [1.82, 2.24) is 29.2 Å². The second-order valence-electron chi connectivity index (χ2n) is 12.0. The van der Waals surface area contributed by atoms with Crippen molar-refractivity contribution in [2.24, 2.45) is 19.5 Å². The van der Waals surface area contributed by atoms with Crippen LogP contribution in [-0.2, 0) is 18.8 Å². The molecule has 0 unspecified atom stereocenters. The Morgan fingerprint density at radius 1 is 1.05 bits per heavy atom. The number of nitrogens with one attached hydrogen (secondary N) is 1. The van der Waals surface area contributed by atoms with Crippen molar-refractivity contribution in [3.63, 3.8) is 0 Å². The van der Waals surface area contributed by atoms with Gasteiger partial charge in [0.25, 0.3) is 11.5 Å². The number of nitrogens with zero attached hydrogens (tertiary/aromatic N) is 6. The maximum atomic E-state index is 13.7. The molecule has 1 N–H and O–H groups in total. The van der Waals surface area contributed by atoms with Crippen LogP contribution < -0.4 is 10.5 Å². The zero-order chi connectivity index (χ0) is 29.2. The molecule has 7 rings (SSSR count). The van der Waals surface area contributed by atoms with Crippen LogP contribution >= 0.6 is 0 Å². The number of fused-ring (bicyclic) bond motifs is 3. The quantitative estimate of drug-likeness (QED) is 0.351. The molecule has 1 spiro atoms. The topological polar surface area (TPSA) is 101 Å². The molecule has 5 aromatic rings. The van der Waals surface area contributed by atoms with Crippen LogP contribution in [0.5, 0.6) is 0 Å². The van der Waals surface area contributed by atoms with Crippen LogP contribution in [0.15, 0.2) is 53.7 Å². The summed E-state index contributed by atoms with van der Waals surface area (Å²) in [6, 6.07) is 9.74. The minimum atomic E-state index is -0.0489. The number of rotatable bonds is 4. The van der Waals surface area contributed by atoms with E-state index in [-0.39, 0.29) is 16.9 Å². The van der Waals surface area contributed by atoms with E-state index >= 15 is 0 Å². The van der Waals surface area contributed by atoms with E-state index in [0.717, 1.165) is 89.9 Å². The lowest BCUT2D eigenvalue weighted by atomic mass is 9.78.